The van der Waals surface area contributed by atoms with Crippen LogP contribution in [0.15, 0.2) is 42.5 Å². The third-order valence-corrected chi connectivity index (χ3v) is 3.25. The molecule has 1 N–H and O–H groups in total. The molecule has 0 aromatic heterocycles. The van der Waals surface area contributed by atoms with Crippen LogP contribution in [0, 0.1) is 0 Å². The molecule has 0 saturated carbocycles. The SMILES string of the molecule is c1ccc2cc(NCC3CCOCO3)ccc2c1. The minimum absolute atomic E-state index is 0.255. The van der Waals surface area contributed by atoms with Crippen molar-refractivity contribution in [3.63, 3.8) is 0 Å². The van der Waals surface area contributed by atoms with Crippen LogP contribution >= 0.6 is 0 Å². The van der Waals surface area contributed by atoms with Gasteiger partial charge in [-0.05, 0) is 29.3 Å². The van der Waals surface area contributed by atoms with E-state index in [1.807, 2.05) is 0 Å². The van der Waals surface area contributed by atoms with Gasteiger partial charge in [-0.2, -0.15) is 0 Å². The molecule has 0 bridgehead atoms. The normalized spacial score (nSPS) is 19.9. The van der Waals surface area contributed by atoms with E-state index in [1.54, 1.807) is 0 Å². The lowest BCUT2D eigenvalue weighted by atomic mass is 10.1. The van der Waals surface area contributed by atoms with Crippen molar-refractivity contribution in [1.82, 2.24) is 0 Å². The van der Waals surface area contributed by atoms with Crippen LogP contribution in [0.25, 0.3) is 10.8 Å². The molecule has 0 radical (unpaired) electrons. The van der Waals surface area contributed by atoms with Crippen LogP contribution < -0.4 is 5.32 Å². The first-order valence-corrected chi connectivity index (χ1v) is 6.34. The molecular formula is C15H17NO2. The van der Waals surface area contributed by atoms with Crippen molar-refractivity contribution in [2.24, 2.45) is 0 Å². The molecule has 1 unspecified atom stereocenters. The number of hydrogen-bond donors (Lipinski definition) is 1. The van der Waals surface area contributed by atoms with Crippen molar-refractivity contribution in [3.05, 3.63) is 42.5 Å². The summed E-state index contributed by atoms with van der Waals surface area (Å²) in [4.78, 5) is 0. The highest BCUT2D eigenvalue weighted by atomic mass is 16.7. The third kappa shape index (κ3) is 2.63. The molecule has 1 heterocycles. The standard InChI is InChI=1S/C15H17NO2/c1-2-4-13-9-14(6-5-12(13)3-1)16-10-15-7-8-17-11-18-15/h1-6,9,15-16H,7-8,10-11H2. The Bertz CT molecular complexity index is 521. The molecule has 0 spiro atoms. The number of fused-ring (bicyclic) bond motifs is 1. The molecule has 1 saturated heterocycles. The van der Waals surface area contributed by atoms with Crippen molar-refractivity contribution in [2.75, 3.05) is 25.3 Å². The highest BCUT2D eigenvalue weighted by molar-refractivity contribution is 5.85. The molecule has 3 heteroatoms. The molecule has 1 aliphatic rings. The predicted molar refractivity (Wildman–Crippen MR) is 72.7 cm³/mol. The van der Waals surface area contributed by atoms with Crippen LogP contribution in [0.4, 0.5) is 5.69 Å². The molecular weight excluding hydrogens is 226 g/mol. The molecule has 0 aliphatic carbocycles. The Morgan fingerprint density at radius 1 is 1.11 bits per heavy atom. The average molecular weight is 243 g/mol. The maximum atomic E-state index is 5.50. The fourth-order valence-corrected chi connectivity index (χ4v) is 2.19. The first-order valence-electron chi connectivity index (χ1n) is 6.34. The Kier molecular flexibility index (Phi) is 3.44. The van der Waals surface area contributed by atoms with E-state index >= 15 is 0 Å². The van der Waals surface area contributed by atoms with Crippen LogP contribution in [0.5, 0.6) is 0 Å². The maximum Gasteiger partial charge on any atom is 0.147 e. The first-order chi connectivity index (χ1) is 8.92. The second-order valence-corrected chi connectivity index (χ2v) is 4.55. The Morgan fingerprint density at radius 3 is 2.83 bits per heavy atom. The fraction of sp³-hybridized carbons (Fsp3) is 0.333. The molecule has 94 valence electrons. The highest BCUT2D eigenvalue weighted by Gasteiger charge is 2.13. The first kappa shape index (κ1) is 11.5. The molecule has 1 fully saturated rings. The number of rotatable bonds is 3. The van der Waals surface area contributed by atoms with Gasteiger partial charge in [-0.1, -0.05) is 30.3 Å². The van der Waals surface area contributed by atoms with Gasteiger partial charge >= 0.3 is 0 Å². The molecule has 2 aromatic rings. The largest absolute Gasteiger partial charge is 0.382 e. The second kappa shape index (κ2) is 5.38. The summed E-state index contributed by atoms with van der Waals surface area (Å²) in [6.07, 6.45) is 1.21. The van der Waals surface area contributed by atoms with Gasteiger partial charge in [0, 0.05) is 12.2 Å². The molecule has 3 nitrogen and oxygen atoms in total. The van der Waals surface area contributed by atoms with Crippen LogP contribution in [0.1, 0.15) is 6.42 Å². The van der Waals surface area contributed by atoms with Gasteiger partial charge in [-0.3, -0.25) is 0 Å². The highest BCUT2D eigenvalue weighted by Crippen LogP contribution is 2.19. The summed E-state index contributed by atoms with van der Waals surface area (Å²) in [5.41, 5.74) is 1.14. The summed E-state index contributed by atoms with van der Waals surface area (Å²) < 4.78 is 10.7. The van der Waals surface area contributed by atoms with E-state index in [1.165, 1.54) is 10.8 Å². The minimum atomic E-state index is 0.255. The molecule has 18 heavy (non-hydrogen) atoms. The summed E-state index contributed by atoms with van der Waals surface area (Å²) in [5, 5.41) is 5.95. The molecule has 2 aromatic carbocycles. The number of nitrogens with one attached hydrogen (secondary N) is 1. The Hall–Kier alpha value is -1.58. The van der Waals surface area contributed by atoms with E-state index in [9.17, 15) is 0 Å². The average Bonchev–Trinajstić information content (AvgIpc) is 2.46. The monoisotopic (exact) mass is 243 g/mol. The fourth-order valence-electron chi connectivity index (χ4n) is 2.19. The smallest absolute Gasteiger partial charge is 0.147 e. The summed E-state index contributed by atoms with van der Waals surface area (Å²) in [7, 11) is 0. The van der Waals surface area contributed by atoms with Crippen molar-refractivity contribution in [2.45, 2.75) is 12.5 Å². The molecule has 0 amide bonds. The van der Waals surface area contributed by atoms with Crippen LogP contribution in [-0.2, 0) is 9.47 Å². The lowest BCUT2D eigenvalue weighted by Gasteiger charge is -2.23. The summed E-state index contributed by atoms with van der Waals surface area (Å²) in [5.74, 6) is 0. The van der Waals surface area contributed by atoms with E-state index < -0.39 is 0 Å². The van der Waals surface area contributed by atoms with Crippen molar-refractivity contribution in [1.29, 1.82) is 0 Å². The van der Waals surface area contributed by atoms with Gasteiger partial charge in [-0.25, -0.2) is 0 Å². The van der Waals surface area contributed by atoms with Crippen LogP contribution in [0.2, 0.25) is 0 Å². The zero-order chi connectivity index (χ0) is 12.2. The Morgan fingerprint density at radius 2 is 2.00 bits per heavy atom. The third-order valence-electron chi connectivity index (χ3n) is 3.25. The lowest BCUT2D eigenvalue weighted by Crippen LogP contribution is -2.30. The topological polar surface area (TPSA) is 30.5 Å². The minimum Gasteiger partial charge on any atom is -0.382 e. The van der Waals surface area contributed by atoms with Crippen LogP contribution in [0.3, 0.4) is 0 Å². The second-order valence-electron chi connectivity index (χ2n) is 4.55. The van der Waals surface area contributed by atoms with E-state index in [4.69, 9.17) is 9.47 Å². The number of anilines is 1. The van der Waals surface area contributed by atoms with Gasteiger partial charge in [0.2, 0.25) is 0 Å². The van der Waals surface area contributed by atoms with Crippen molar-refractivity contribution in [3.8, 4) is 0 Å². The van der Waals surface area contributed by atoms with Gasteiger partial charge in [0.1, 0.15) is 6.79 Å². The summed E-state index contributed by atoms with van der Waals surface area (Å²) >= 11 is 0. The number of ether oxygens (including phenoxy) is 2. The maximum absolute atomic E-state index is 5.50. The Labute approximate surface area is 107 Å². The quantitative estimate of drug-likeness (QED) is 0.899. The number of hydrogen-bond acceptors (Lipinski definition) is 3. The van der Waals surface area contributed by atoms with E-state index in [0.29, 0.717) is 6.79 Å². The van der Waals surface area contributed by atoms with Crippen LogP contribution in [-0.4, -0.2) is 26.0 Å². The van der Waals surface area contributed by atoms with Gasteiger partial charge in [0.15, 0.2) is 0 Å². The van der Waals surface area contributed by atoms with Gasteiger partial charge in [0.25, 0.3) is 0 Å². The molecule has 1 atom stereocenters. The predicted octanol–water partition coefficient (Wildman–Crippen LogP) is 3.01. The molecule has 1 aliphatic heterocycles. The summed E-state index contributed by atoms with van der Waals surface area (Å²) in [6, 6.07) is 14.8. The van der Waals surface area contributed by atoms with Crippen molar-refractivity contribution >= 4 is 16.5 Å². The zero-order valence-corrected chi connectivity index (χ0v) is 10.3. The van der Waals surface area contributed by atoms with Crippen molar-refractivity contribution < 1.29 is 9.47 Å². The lowest BCUT2D eigenvalue weighted by molar-refractivity contribution is -0.133. The summed E-state index contributed by atoms with van der Waals surface area (Å²) in [6.45, 7) is 2.05. The van der Waals surface area contributed by atoms with Gasteiger partial charge < -0.3 is 14.8 Å². The number of benzene rings is 2. The van der Waals surface area contributed by atoms with E-state index in [0.717, 1.165) is 25.3 Å². The van der Waals surface area contributed by atoms with Gasteiger partial charge in [0.05, 0.1) is 12.7 Å². The van der Waals surface area contributed by atoms with E-state index in [-0.39, 0.29) is 6.10 Å². The van der Waals surface area contributed by atoms with E-state index in [2.05, 4.69) is 47.8 Å². The Balaban J connectivity index is 1.66. The zero-order valence-electron chi connectivity index (χ0n) is 10.3. The van der Waals surface area contributed by atoms with Gasteiger partial charge in [-0.15, -0.1) is 0 Å². The molecule has 3 rings (SSSR count).